The minimum Gasteiger partial charge on any atom is -0.491 e. The van der Waals surface area contributed by atoms with Crippen LogP contribution in [0.2, 0.25) is 0 Å². The number of halogens is 1. The van der Waals surface area contributed by atoms with Gasteiger partial charge in [-0.1, -0.05) is 0 Å². The number of aliphatic hydroxyl groups is 1. The first-order valence-corrected chi connectivity index (χ1v) is 6.13. The lowest BCUT2D eigenvalue weighted by molar-refractivity contribution is 0.106. The van der Waals surface area contributed by atoms with Crippen LogP contribution < -0.4 is 10.1 Å². The van der Waals surface area contributed by atoms with Crippen molar-refractivity contribution in [3.05, 3.63) is 54.1 Å². The second-order valence-electron chi connectivity index (χ2n) is 4.27. The molecule has 0 saturated heterocycles. The Morgan fingerprint density at radius 1 is 1.26 bits per heavy atom. The Balaban J connectivity index is 1.64. The Kier molecular flexibility index (Phi) is 4.94. The number of hydrogen-bond donors (Lipinski definition) is 3. The Morgan fingerprint density at radius 2 is 2.05 bits per heavy atom. The summed E-state index contributed by atoms with van der Waals surface area (Å²) in [6.07, 6.45) is 3.14. The maximum Gasteiger partial charge on any atom is 0.123 e. The number of aliphatic hydroxyl groups excluding tert-OH is 1. The predicted octanol–water partition coefficient (Wildman–Crippen LogP) is 1.68. The van der Waals surface area contributed by atoms with Crippen LogP contribution in [0.1, 0.15) is 5.56 Å². The molecule has 0 amide bonds. The Labute approximate surface area is 111 Å². The molecule has 0 saturated carbocycles. The van der Waals surface area contributed by atoms with Crippen LogP contribution in [0.5, 0.6) is 5.75 Å². The molecule has 0 fully saturated rings. The second kappa shape index (κ2) is 6.92. The van der Waals surface area contributed by atoms with Crippen molar-refractivity contribution in [2.45, 2.75) is 12.6 Å². The highest BCUT2D eigenvalue weighted by molar-refractivity contribution is 5.22. The van der Waals surface area contributed by atoms with E-state index in [0.717, 1.165) is 5.56 Å². The molecule has 0 bridgehead atoms. The van der Waals surface area contributed by atoms with E-state index in [1.165, 1.54) is 24.3 Å². The molecule has 0 spiro atoms. The van der Waals surface area contributed by atoms with Crippen LogP contribution >= 0.6 is 0 Å². The molecule has 0 aliphatic rings. The van der Waals surface area contributed by atoms with E-state index in [2.05, 4.69) is 10.3 Å². The van der Waals surface area contributed by atoms with Gasteiger partial charge in [0.1, 0.15) is 24.3 Å². The zero-order valence-corrected chi connectivity index (χ0v) is 10.5. The van der Waals surface area contributed by atoms with E-state index in [9.17, 15) is 9.50 Å². The molecule has 1 aromatic carbocycles. The summed E-state index contributed by atoms with van der Waals surface area (Å²) in [4.78, 5) is 2.96. The molecule has 2 aromatic rings. The highest BCUT2D eigenvalue weighted by Crippen LogP contribution is 2.11. The molecule has 1 unspecified atom stereocenters. The van der Waals surface area contributed by atoms with Crippen LogP contribution in [0.25, 0.3) is 0 Å². The summed E-state index contributed by atoms with van der Waals surface area (Å²) in [5.41, 5.74) is 1.13. The van der Waals surface area contributed by atoms with E-state index in [1.54, 1.807) is 0 Å². The number of aromatic nitrogens is 1. The van der Waals surface area contributed by atoms with E-state index >= 15 is 0 Å². The molecule has 0 aliphatic heterocycles. The number of nitrogens with one attached hydrogen (secondary N) is 2. The topological polar surface area (TPSA) is 57.3 Å². The van der Waals surface area contributed by atoms with Gasteiger partial charge in [0.15, 0.2) is 0 Å². The number of benzene rings is 1. The van der Waals surface area contributed by atoms with Gasteiger partial charge < -0.3 is 20.1 Å². The van der Waals surface area contributed by atoms with Gasteiger partial charge in [-0.25, -0.2) is 4.39 Å². The number of aromatic amines is 1. The first-order valence-electron chi connectivity index (χ1n) is 6.13. The van der Waals surface area contributed by atoms with Gasteiger partial charge in [-0.3, -0.25) is 0 Å². The van der Waals surface area contributed by atoms with Crippen molar-refractivity contribution in [2.24, 2.45) is 0 Å². The van der Waals surface area contributed by atoms with Crippen molar-refractivity contribution in [3.63, 3.8) is 0 Å². The second-order valence-corrected chi connectivity index (χ2v) is 4.27. The van der Waals surface area contributed by atoms with Gasteiger partial charge in [0.25, 0.3) is 0 Å². The van der Waals surface area contributed by atoms with E-state index in [-0.39, 0.29) is 12.4 Å². The maximum absolute atomic E-state index is 12.7. The van der Waals surface area contributed by atoms with Crippen LogP contribution in [0.4, 0.5) is 4.39 Å². The average molecular weight is 264 g/mol. The molecule has 19 heavy (non-hydrogen) atoms. The summed E-state index contributed by atoms with van der Waals surface area (Å²) in [5, 5.41) is 12.8. The fourth-order valence-corrected chi connectivity index (χ4v) is 1.63. The van der Waals surface area contributed by atoms with E-state index < -0.39 is 6.10 Å². The van der Waals surface area contributed by atoms with Crippen molar-refractivity contribution < 1.29 is 14.2 Å². The Hall–Kier alpha value is -1.85. The monoisotopic (exact) mass is 264 g/mol. The summed E-state index contributed by atoms with van der Waals surface area (Å²) < 4.78 is 18.0. The van der Waals surface area contributed by atoms with Crippen molar-refractivity contribution >= 4 is 0 Å². The van der Waals surface area contributed by atoms with Crippen molar-refractivity contribution in [2.75, 3.05) is 13.2 Å². The lowest BCUT2D eigenvalue weighted by Gasteiger charge is -2.13. The van der Waals surface area contributed by atoms with Crippen LogP contribution in [0, 0.1) is 5.82 Å². The molecule has 0 radical (unpaired) electrons. The molecule has 2 rings (SSSR count). The number of H-pyrrole nitrogens is 1. The summed E-state index contributed by atoms with van der Waals surface area (Å²) in [6.45, 7) is 1.30. The fourth-order valence-electron chi connectivity index (χ4n) is 1.63. The summed E-state index contributed by atoms with van der Waals surface area (Å²) in [7, 11) is 0. The van der Waals surface area contributed by atoms with Crippen LogP contribution in [0.3, 0.4) is 0 Å². The molecule has 1 atom stereocenters. The molecule has 0 aliphatic carbocycles. The zero-order chi connectivity index (χ0) is 13.5. The van der Waals surface area contributed by atoms with Crippen molar-refractivity contribution in [3.8, 4) is 5.75 Å². The standard InChI is InChI=1S/C14H17FN2O2/c15-12-1-3-14(4-2-12)19-10-13(18)9-17-8-11-5-6-16-7-11/h1-7,13,16-18H,8-10H2. The lowest BCUT2D eigenvalue weighted by Crippen LogP contribution is -2.31. The molecule has 4 nitrogen and oxygen atoms in total. The molecule has 102 valence electrons. The molecule has 5 heteroatoms. The van der Waals surface area contributed by atoms with Gasteiger partial charge in [0, 0.05) is 25.5 Å². The van der Waals surface area contributed by atoms with Gasteiger partial charge in [-0.2, -0.15) is 0 Å². The summed E-state index contributed by atoms with van der Waals surface area (Å²) >= 11 is 0. The van der Waals surface area contributed by atoms with Crippen molar-refractivity contribution in [1.82, 2.24) is 10.3 Å². The van der Waals surface area contributed by atoms with Gasteiger partial charge in [0.2, 0.25) is 0 Å². The first kappa shape index (κ1) is 13.6. The van der Waals surface area contributed by atoms with Crippen LogP contribution in [-0.2, 0) is 6.54 Å². The minimum absolute atomic E-state index is 0.172. The molecular weight excluding hydrogens is 247 g/mol. The number of rotatable bonds is 7. The third-order valence-electron chi connectivity index (χ3n) is 2.63. The summed E-state index contributed by atoms with van der Waals surface area (Å²) in [5.74, 6) is 0.243. The van der Waals surface area contributed by atoms with Crippen molar-refractivity contribution in [1.29, 1.82) is 0 Å². The van der Waals surface area contributed by atoms with Gasteiger partial charge in [-0.05, 0) is 35.9 Å². The third-order valence-corrected chi connectivity index (χ3v) is 2.63. The van der Waals surface area contributed by atoms with Crippen LogP contribution in [0.15, 0.2) is 42.7 Å². The summed E-state index contributed by atoms with van der Waals surface area (Å²) in [6, 6.07) is 7.69. The largest absolute Gasteiger partial charge is 0.491 e. The maximum atomic E-state index is 12.7. The molecular formula is C14H17FN2O2. The first-order chi connectivity index (χ1) is 9.24. The Bertz CT molecular complexity index is 471. The van der Waals surface area contributed by atoms with E-state index in [0.29, 0.717) is 18.8 Å². The van der Waals surface area contributed by atoms with Gasteiger partial charge >= 0.3 is 0 Å². The average Bonchev–Trinajstić information content (AvgIpc) is 2.91. The molecule has 1 aromatic heterocycles. The van der Waals surface area contributed by atoms with Gasteiger partial charge in [0.05, 0.1) is 0 Å². The minimum atomic E-state index is -0.607. The normalized spacial score (nSPS) is 12.3. The van der Waals surface area contributed by atoms with E-state index in [4.69, 9.17) is 4.74 Å². The van der Waals surface area contributed by atoms with E-state index in [1.807, 2.05) is 18.5 Å². The number of hydrogen-bond acceptors (Lipinski definition) is 3. The molecule has 1 heterocycles. The Morgan fingerprint density at radius 3 is 2.74 bits per heavy atom. The van der Waals surface area contributed by atoms with Gasteiger partial charge in [-0.15, -0.1) is 0 Å². The smallest absolute Gasteiger partial charge is 0.123 e. The number of ether oxygens (including phenoxy) is 1. The SMILES string of the molecule is OC(CNCc1cc[nH]c1)COc1ccc(F)cc1. The highest BCUT2D eigenvalue weighted by Gasteiger charge is 2.05. The predicted molar refractivity (Wildman–Crippen MR) is 70.4 cm³/mol. The van der Waals surface area contributed by atoms with Crippen LogP contribution in [-0.4, -0.2) is 29.3 Å². The third kappa shape index (κ3) is 4.73. The fraction of sp³-hybridized carbons (Fsp3) is 0.286. The lowest BCUT2D eigenvalue weighted by atomic mass is 10.3. The molecule has 3 N–H and O–H groups in total. The zero-order valence-electron chi connectivity index (χ0n) is 10.5. The quantitative estimate of drug-likeness (QED) is 0.713. The highest BCUT2D eigenvalue weighted by atomic mass is 19.1.